The van der Waals surface area contributed by atoms with Crippen LogP contribution in [0.1, 0.15) is 0 Å². The minimum atomic E-state index is -0.684. The first-order chi connectivity index (χ1) is 6.74. The average Bonchev–Trinajstić information content (AvgIpc) is 2.18. The number of nitroso groups, excluding NO2 is 1. The van der Waals surface area contributed by atoms with Crippen molar-refractivity contribution in [3.63, 3.8) is 0 Å². The van der Waals surface area contributed by atoms with Crippen molar-refractivity contribution in [2.75, 3.05) is 0 Å². The minimum Gasteiger partial charge on any atom is -0.494 e. The second-order valence-electron chi connectivity index (χ2n) is 2.79. The maximum atomic E-state index is 11.2. The number of nitrogens with one attached hydrogen (secondary N) is 1. The molecule has 0 amide bonds. The predicted molar refractivity (Wildman–Crippen MR) is 51.7 cm³/mol. The van der Waals surface area contributed by atoms with E-state index in [4.69, 9.17) is 0 Å². The van der Waals surface area contributed by atoms with Gasteiger partial charge in [-0.25, -0.2) is 0 Å². The summed E-state index contributed by atoms with van der Waals surface area (Å²) in [5, 5.41) is 12.8. The number of aromatic nitrogens is 1. The number of pyridine rings is 1. The summed E-state index contributed by atoms with van der Waals surface area (Å²) in [5.41, 5.74) is -0.894. The monoisotopic (exact) mass is 190 g/mol. The summed E-state index contributed by atoms with van der Waals surface area (Å²) < 4.78 is 0. The van der Waals surface area contributed by atoms with Gasteiger partial charge in [0.05, 0.1) is 0 Å². The van der Waals surface area contributed by atoms with E-state index in [9.17, 15) is 14.8 Å². The molecular weight excluding hydrogens is 184 g/mol. The lowest BCUT2D eigenvalue weighted by molar-refractivity contribution is 0.459. The fourth-order valence-electron chi connectivity index (χ4n) is 1.34. The molecule has 70 valence electrons. The highest BCUT2D eigenvalue weighted by Crippen LogP contribution is 2.26. The highest BCUT2D eigenvalue weighted by molar-refractivity contribution is 5.94. The van der Waals surface area contributed by atoms with Gasteiger partial charge in [0.15, 0.2) is 11.6 Å². The van der Waals surface area contributed by atoms with Gasteiger partial charge in [-0.05, 0) is 11.2 Å². The Balaban J connectivity index is 3.05. The van der Waals surface area contributed by atoms with E-state index in [0.717, 1.165) is 0 Å². The SMILES string of the molecule is O=Nc1c(=O)[nH]c(O)c2ccccc12. The van der Waals surface area contributed by atoms with E-state index >= 15 is 0 Å². The molecule has 1 aromatic carbocycles. The molecule has 0 bridgehead atoms. The van der Waals surface area contributed by atoms with E-state index in [1.54, 1.807) is 24.3 Å². The third kappa shape index (κ3) is 1.06. The molecule has 0 aliphatic heterocycles. The van der Waals surface area contributed by atoms with Crippen molar-refractivity contribution >= 4 is 16.5 Å². The van der Waals surface area contributed by atoms with Crippen LogP contribution in [-0.4, -0.2) is 10.1 Å². The third-order valence-electron chi connectivity index (χ3n) is 1.98. The molecule has 0 aliphatic rings. The van der Waals surface area contributed by atoms with E-state index in [0.29, 0.717) is 10.8 Å². The first-order valence-corrected chi connectivity index (χ1v) is 3.91. The summed E-state index contributed by atoms with van der Waals surface area (Å²) in [7, 11) is 0. The number of nitrogens with zero attached hydrogens (tertiary/aromatic N) is 1. The van der Waals surface area contributed by atoms with E-state index in [1.807, 2.05) is 0 Å². The molecule has 0 saturated heterocycles. The number of hydrogen-bond acceptors (Lipinski definition) is 4. The van der Waals surface area contributed by atoms with Gasteiger partial charge in [0.1, 0.15) is 0 Å². The van der Waals surface area contributed by atoms with Crippen LogP contribution in [0.2, 0.25) is 0 Å². The van der Waals surface area contributed by atoms with Crippen molar-refractivity contribution in [1.82, 2.24) is 4.98 Å². The largest absolute Gasteiger partial charge is 0.494 e. The van der Waals surface area contributed by atoms with Crippen LogP contribution in [0.25, 0.3) is 10.8 Å². The maximum Gasteiger partial charge on any atom is 0.280 e. The zero-order valence-electron chi connectivity index (χ0n) is 7.02. The molecule has 2 aromatic rings. The summed E-state index contributed by atoms with van der Waals surface area (Å²) in [6.07, 6.45) is 0. The minimum absolute atomic E-state index is 0.210. The predicted octanol–water partition coefficient (Wildman–Crippen LogP) is 1.63. The highest BCUT2D eigenvalue weighted by atomic mass is 16.3. The van der Waals surface area contributed by atoms with Gasteiger partial charge < -0.3 is 5.11 Å². The van der Waals surface area contributed by atoms with Gasteiger partial charge in [-0.3, -0.25) is 9.78 Å². The second-order valence-corrected chi connectivity index (χ2v) is 2.79. The number of benzene rings is 1. The lowest BCUT2D eigenvalue weighted by Crippen LogP contribution is -2.04. The average molecular weight is 190 g/mol. The molecule has 0 radical (unpaired) electrons. The molecular formula is C9H6N2O3. The van der Waals surface area contributed by atoms with E-state index < -0.39 is 5.56 Å². The zero-order valence-corrected chi connectivity index (χ0v) is 7.02. The summed E-state index contributed by atoms with van der Waals surface area (Å²) >= 11 is 0. The fourth-order valence-corrected chi connectivity index (χ4v) is 1.34. The molecule has 14 heavy (non-hydrogen) atoms. The van der Waals surface area contributed by atoms with Crippen LogP contribution < -0.4 is 5.56 Å². The molecule has 1 aromatic heterocycles. The van der Waals surface area contributed by atoms with E-state index in [2.05, 4.69) is 10.2 Å². The van der Waals surface area contributed by atoms with Crippen molar-refractivity contribution in [2.45, 2.75) is 0 Å². The normalized spacial score (nSPS) is 10.3. The lowest BCUT2D eigenvalue weighted by atomic mass is 10.1. The van der Waals surface area contributed by atoms with Crippen molar-refractivity contribution < 1.29 is 5.11 Å². The summed E-state index contributed by atoms with van der Waals surface area (Å²) in [6.45, 7) is 0. The molecule has 0 unspecified atom stereocenters. The van der Waals surface area contributed by atoms with Gasteiger partial charge in [-0.1, -0.05) is 18.2 Å². The molecule has 2 rings (SSSR count). The topological polar surface area (TPSA) is 82.5 Å². The van der Waals surface area contributed by atoms with Crippen LogP contribution in [0.3, 0.4) is 0 Å². The van der Waals surface area contributed by atoms with E-state index in [1.165, 1.54) is 0 Å². The van der Waals surface area contributed by atoms with Crippen molar-refractivity contribution in [1.29, 1.82) is 0 Å². The van der Waals surface area contributed by atoms with E-state index in [-0.39, 0.29) is 11.6 Å². The molecule has 0 fully saturated rings. The highest BCUT2D eigenvalue weighted by Gasteiger charge is 2.09. The maximum absolute atomic E-state index is 11.2. The standard InChI is InChI=1S/C9H6N2O3/c12-8-6-4-2-1-3-5(6)7(11-14)9(13)10-8/h1-4H,(H2,10,12,13). The van der Waals surface area contributed by atoms with Crippen LogP contribution in [0, 0.1) is 4.91 Å². The molecule has 2 N–H and O–H groups in total. The number of H-pyrrole nitrogens is 1. The first kappa shape index (κ1) is 8.43. The number of fused-ring (bicyclic) bond motifs is 1. The number of hydrogen-bond donors (Lipinski definition) is 2. The quantitative estimate of drug-likeness (QED) is 0.670. The Morgan fingerprint density at radius 3 is 2.50 bits per heavy atom. The zero-order chi connectivity index (χ0) is 10.1. The number of rotatable bonds is 1. The van der Waals surface area contributed by atoms with Crippen LogP contribution in [0.4, 0.5) is 5.69 Å². The summed E-state index contributed by atoms with van der Waals surface area (Å²) in [6, 6.07) is 6.50. The van der Waals surface area contributed by atoms with Gasteiger partial charge >= 0.3 is 0 Å². The van der Waals surface area contributed by atoms with Crippen LogP contribution in [-0.2, 0) is 0 Å². The molecule has 0 spiro atoms. The Hall–Kier alpha value is -2.17. The Bertz CT molecular complexity index is 559. The Labute approximate surface area is 78.0 Å². The summed E-state index contributed by atoms with van der Waals surface area (Å²) in [4.78, 5) is 23.7. The second kappa shape index (κ2) is 2.95. The molecule has 5 heteroatoms. The molecule has 0 atom stereocenters. The Kier molecular flexibility index (Phi) is 1.78. The van der Waals surface area contributed by atoms with Gasteiger partial charge in [-0.2, -0.15) is 0 Å². The molecule has 0 aliphatic carbocycles. The Morgan fingerprint density at radius 2 is 1.86 bits per heavy atom. The molecule has 1 heterocycles. The van der Waals surface area contributed by atoms with Gasteiger partial charge in [0, 0.05) is 10.8 Å². The van der Waals surface area contributed by atoms with Crippen molar-refractivity contribution in [2.24, 2.45) is 5.18 Å². The van der Waals surface area contributed by atoms with Gasteiger partial charge in [0.25, 0.3) is 5.56 Å². The third-order valence-corrected chi connectivity index (χ3v) is 1.98. The molecule has 5 nitrogen and oxygen atoms in total. The van der Waals surface area contributed by atoms with Crippen molar-refractivity contribution in [3.05, 3.63) is 39.5 Å². The van der Waals surface area contributed by atoms with Gasteiger partial charge in [0.2, 0.25) is 0 Å². The van der Waals surface area contributed by atoms with Crippen LogP contribution in [0.15, 0.2) is 34.2 Å². The lowest BCUT2D eigenvalue weighted by Gasteiger charge is -2.00. The number of aromatic hydroxyl groups is 1. The van der Waals surface area contributed by atoms with Gasteiger partial charge in [-0.15, -0.1) is 4.91 Å². The van der Waals surface area contributed by atoms with Crippen LogP contribution >= 0.6 is 0 Å². The molecule has 0 saturated carbocycles. The smallest absolute Gasteiger partial charge is 0.280 e. The number of aromatic amines is 1. The van der Waals surface area contributed by atoms with Crippen LogP contribution in [0.5, 0.6) is 5.88 Å². The Morgan fingerprint density at radius 1 is 1.21 bits per heavy atom. The summed E-state index contributed by atoms with van der Waals surface area (Å²) in [5.74, 6) is -0.252. The van der Waals surface area contributed by atoms with Crippen molar-refractivity contribution in [3.8, 4) is 5.88 Å². The first-order valence-electron chi connectivity index (χ1n) is 3.91. The fraction of sp³-hybridized carbons (Fsp3) is 0.